The third-order valence-corrected chi connectivity index (χ3v) is 4.46. The fraction of sp³-hybridized carbons (Fsp3) is 0.846. The van der Waals surface area contributed by atoms with Crippen molar-refractivity contribution < 1.29 is 19.4 Å². The van der Waals surface area contributed by atoms with Gasteiger partial charge in [-0.15, -0.1) is 0 Å². The second-order valence-electron chi connectivity index (χ2n) is 5.53. The number of nitrogens with one attached hydrogen (secondary N) is 1. The third-order valence-electron chi connectivity index (χ3n) is 4.46. The molecule has 2 heterocycles. The van der Waals surface area contributed by atoms with Crippen molar-refractivity contribution in [3.63, 3.8) is 0 Å². The molecule has 0 aromatic carbocycles. The van der Waals surface area contributed by atoms with Gasteiger partial charge in [0.25, 0.3) is 0 Å². The molecule has 3 atom stereocenters. The Hall–Kier alpha value is -1.30. The molecule has 2 saturated heterocycles. The number of likely N-dealkylation sites (tertiary alicyclic amines) is 1. The van der Waals surface area contributed by atoms with Gasteiger partial charge in [-0.2, -0.15) is 0 Å². The van der Waals surface area contributed by atoms with E-state index in [1.807, 2.05) is 13.8 Å². The predicted molar refractivity (Wildman–Crippen MR) is 68.9 cm³/mol. The van der Waals surface area contributed by atoms with E-state index in [0.717, 1.165) is 6.42 Å². The number of rotatable bonds is 3. The first-order valence-corrected chi connectivity index (χ1v) is 6.89. The molecule has 6 heteroatoms. The lowest BCUT2D eigenvalue weighted by molar-refractivity contribution is -0.148. The van der Waals surface area contributed by atoms with Gasteiger partial charge in [-0.3, -0.25) is 4.79 Å². The highest BCUT2D eigenvalue weighted by atomic mass is 16.5. The second kappa shape index (κ2) is 5.36. The molecule has 2 N–H and O–H groups in total. The highest BCUT2D eigenvalue weighted by Crippen LogP contribution is 2.34. The van der Waals surface area contributed by atoms with Crippen LogP contribution in [0.25, 0.3) is 0 Å². The van der Waals surface area contributed by atoms with Gasteiger partial charge in [-0.25, -0.2) is 4.79 Å². The van der Waals surface area contributed by atoms with Crippen LogP contribution in [0, 0.1) is 5.41 Å². The number of carboxylic acid groups (broad SMARTS) is 1. The van der Waals surface area contributed by atoms with Crippen molar-refractivity contribution in [1.82, 2.24) is 10.2 Å². The van der Waals surface area contributed by atoms with E-state index < -0.39 is 11.4 Å². The van der Waals surface area contributed by atoms with Crippen molar-refractivity contribution in [2.75, 3.05) is 19.7 Å². The topological polar surface area (TPSA) is 78.9 Å². The normalized spacial score (nSPS) is 34.5. The van der Waals surface area contributed by atoms with E-state index in [-0.39, 0.29) is 18.2 Å². The molecule has 0 spiro atoms. The van der Waals surface area contributed by atoms with E-state index in [4.69, 9.17) is 4.74 Å². The highest BCUT2D eigenvalue weighted by molar-refractivity contribution is 5.79. The van der Waals surface area contributed by atoms with Crippen LogP contribution in [0.1, 0.15) is 33.1 Å². The molecule has 0 aromatic heterocycles. The minimum absolute atomic E-state index is 0.0296. The summed E-state index contributed by atoms with van der Waals surface area (Å²) in [6.45, 7) is 5.28. The van der Waals surface area contributed by atoms with Gasteiger partial charge in [0.1, 0.15) is 0 Å². The van der Waals surface area contributed by atoms with E-state index in [2.05, 4.69) is 5.32 Å². The van der Waals surface area contributed by atoms with Crippen LogP contribution in [0.5, 0.6) is 0 Å². The van der Waals surface area contributed by atoms with Gasteiger partial charge < -0.3 is 20.1 Å². The molecule has 2 rings (SSSR count). The standard InChI is InChI=1S/C13H22N2O4/c1-3-13(11(16)17)5-6-15(8-13)12(18)14-10-4-7-19-9(10)2/h9-10H,3-8H2,1-2H3,(H,14,18)(H,16,17). The number of carboxylic acids is 1. The number of ether oxygens (including phenoxy) is 1. The first-order valence-electron chi connectivity index (χ1n) is 6.89. The van der Waals surface area contributed by atoms with Crippen LogP contribution >= 0.6 is 0 Å². The molecule has 108 valence electrons. The zero-order valence-electron chi connectivity index (χ0n) is 11.5. The zero-order valence-corrected chi connectivity index (χ0v) is 11.5. The first-order chi connectivity index (χ1) is 8.98. The number of aliphatic carboxylic acids is 1. The number of hydrogen-bond donors (Lipinski definition) is 2. The summed E-state index contributed by atoms with van der Waals surface area (Å²) in [5, 5.41) is 12.3. The summed E-state index contributed by atoms with van der Waals surface area (Å²) in [5.41, 5.74) is -0.769. The molecule has 0 aliphatic carbocycles. The Balaban J connectivity index is 1.93. The number of nitrogens with zero attached hydrogens (tertiary/aromatic N) is 1. The second-order valence-corrected chi connectivity index (χ2v) is 5.53. The Morgan fingerprint density at radius 1 is 1.53 bits per heavy atom. The molecule has 0 radical (unpaired) electrons. The number of amides is 2. The Morgan fingerprint density at radius 2 is 2.26 bits per heavy atom. The lowest BCUT2D eigenvalue weighted by Gasteiger charge is -2.25. The maximum Gasteiger partial charge on any atom is 0.317 e. The Bertz CT molecular complexity index is 374. The van der Waals surface area contributed by atoms with Crippen LogP contribution in [-0.2, 0) is 9.53 Å². The molecule has 2 aliphatic rings. The average molecular weight is 270 g/mol. The minimum atomic E-state index is -0.803. The quantitative estimate of drug-likeness (QED) is 0.803. The van der Waals surface area contributed by atoms with E-state index >= 15 is 0 Å². The Labute approximate surface area is 113 Å². The van der Waals surface area contributed by atoms with Crippen LogP contribution in [0.4, 0.5) is 4.79 Å². The molecule has 2 fully saturated rings. The summed E-state index contributed by atoms with van der Waals surface area (Å²) in [5.74, 6) is -0.803. The van der Waals surface area contributed by atoms with Crippen LogP contribution in [0.3, 0.4) is 0 Å². The molecular weight excluding hydrogens is 248 g/mol. The van der Waals surface area contributed by atoms with Crippen molar-refractivity contribution in [1.29, 1.82) is 0 Å². The van der Waals surface area contributed by atoms with Crippen molar-refractivity contribution in [3.8, 4) is 0 Å². The lowest BCUT2D eigenvalue weighted by Crippen LogP contribution is -2.47. The van der Waals surface area contributed by atoms with Gasteiger partial charge in [0.15, 0.2) is 0 Å². The molecular formula is C13H22N2O4. The summed E-state index contributed by atoms with van der Waals surface area (Å²) in [6, 6.07) is -0.132. The fourth-order valence-corrected chi connectivity index (χ4v) is 2.83. The fourth-order valence-electron chi connectivity index (χ4n) is 2.83. The molecule has 3 unspecified atom stereocenters. The summed E-state index contributed by atoms with van der Waals surface area (Å²) >= 11 is 0. The third kappa shape index (κ3) is 2.68. The van der Waals surface area contributed by atoms with E-state index in [1.54, 1.807) is 4.90 Å². The minimum Gasteiger partial charge on any atom is -0.481 e. The number of hydrogen-bond acceptors (Lipinski definition) is 3. The monoisotopic (exact) mass is 270 g/mol. The molecule has 0 aromatic rings. The molecule has 2 amide bonds. The van der Waals surface area contributed by atoms with Crippen LogP contribution in [0.15, 0.2) is 0 Å². The van der Waals surface area contributed by atoms with Gasteiger partial charge in [0, 0.05) is 19.7 Å². The van der Waals surface area contributed by atoms with E-state index in [1.165, 1.54) is 0 Å². The highest BCUT2D eigenvalue weighted by Gasteiger charge is 2.45. The van der Waals surface area contributed by atoms with Crippen molar-refractivity contribution in [2.45, 2.75) is 45.3 Å². The van der Waals surface area contributed by atoms with Crippen LogP contribution in [0.2, 0.25) is 0 Å². The summed E-state index contributed by atoms with van der Waals surface area (Å²) in [7, 11) is 0. The Kier molecular flexibility index (Phi) is 3.99. The number of carbonyl (C=O) groups excluding carboxylic acids is 1. The maximum absolute atomic E-state index is 12.1. The zero-order chi connectivity index (χ0) is 14.0. The first kappa shape index (κ1) is 14.1. The SMILES string of the molecule is CCC1(C(=O)O)CCN(C(=O)NC2CCOC2C)C1. The predicted octanol–water partition coefficient (Wildman–Crippen LogP) is 1.06. The summed E-state index contributed by atoms with van der Waals surface area (Å²) in [6.07, 6.45) is 1.93. The van der Waals surface area contributed by atoms with Gasteiger partial charge in [0.05, 0.1) is 17.6 Å². The molecule has 0 bridgehead atoms. The molecule has 0 saturated carbocycles. The van der Waals surface area contributed by atoms with Crippen molar-refractivity contribution in [3.05, 3.63) is 0 Å². The Morgan fingerprint density at radius 3 is 2.74 bits per heavy atom. The van der Waals surface area contributed by atoms with E-state index in [9.17, 15) is 14.7 Å². The van der Waals surface area contributed by atoms with E-state index in [0.29, 0.717) is 32.5 Å². The van der Waals surface area contributed by atoms with Crippen molar-refractivity contribution in [2.24, 2.45) is 5.41 Å². The van der Waals surface area contributed by atoms with Gasteiger partial charge in [-0.1, -0.05) is 6.92 Å². The molecule has 2 aliphatic heterocycles. The van der Waals surface area contributed by atoms with Gasteiger partial charge in [0.2, 0.25) is 0 Å². The molecule has 19 heavy (non-hydrogen) atoms. The van der Waals surface area contributed by atoms with Crippen LogP contribution < -0.4 is 5.32 Å². The summed E-state index contributed by atoms with van der Waals surface area (Å²) in [4.78, 5) is 25.1. The van der Waals surface area contributed by atoms with Crippen LogP contribution in [-0.4, -0.2) is 53.8 Å². The van der Waals surface area contributed by atoms with Crippen molar-refractivity contribution >= 4 is 12.0 Å². The van der Waals surface area contributed by atoms with Gasteiger partial charge >= 0.3 is 12.0 Å². The maximum atomic E-state index is 12.1. The summed E-state index contributed by atoms with van der Waals surface area (Å²) < 4.78 is 5.40. The lowest BCUT2D eigenvalue weighted by atomic mass is 9.84. The molecule has 6 nitrogen and oxygen atoms in total. The largest absolute Gasteiger partial charge is 0.481 e. The number of urea groups is 1. The average Bonchev–Trinajstić information content (AvgIpc) is 2.97. The van der Waals surface area contributed by atoms with Gasteiger partial charge in [-0.05, 0) is 26.2 Å². The number of carbonyl (C=O) groups is 2. The smallest absolute Gasteiger partial charge is 0.317 e.